The van der Waals surface area contributed by atoms with E-state index < -0.39 is 0 Å². The maximum absolute atomic E-state index is 4.60. The van der Waals surface area contributed by atoms with Gasteiger partial charge in [0.2, 0.25) is 0 Å². The number of hydrogen-bond donors (Lipinski definition) is 0. The highest BCUT2D eigenvalue weighted by atomic mass is 15.2. The molecule has 0 N–H and O–H groups in total. The second-order valence-corrected chi connectivity index (χ2v) is 8.58. The van der Waals surface area contributed by atoms with Gasteiger partial charge in [-0.05, 0) is 48.6 Å². The molecule has 1 fully saturated rings. The quantitative estimate of drug-likeness (QED) is 0.695. The van der Waals surface area contributed by atoms with Crippen LogP contribution >= 0.6 is 0 Å². The summed E-state index contributed by atoms with van der Waals surface area (Å²) in [6, 6.07) is 4.61. The first kappa shape index (κ1) is 14.3. The molecule has 22 heavy (non-hydrogen) atoms. The maximum atomic E-state index is 4.60. The lowest BCUT2D eigenvalue weighted by Crippen LogP contribution is -2.55. The van der Waals surface area contributed by atoms with Crippen LogP contribution in [0.2, 0.25) is 0 Å². The van der Waals surface area contributed by atoms with E-state index >= 15 is 0 Å². The van der Waals surface area contributed by atoms with Gasteiger partial charge in [0.05, 0.1) is 6.54 Å². The largest absolute Gasteiger partial charge is 0.369 e. The van der Waals surface area contributed by atoms with Crippen LogP contribution in [0.15, 0.2) is 17.1 Å². The van der Waals surface area contributed by atoms with Crippen LogP contribution in [-0.2, 0) is 5.41 Å². The van der Waals surface area contributed by atoms with Crippen molar-refractivity contribution in [3.8, 4) is 0 Å². The zero-order valence-electron chi connectivity index (χ0n) is 14.4. The summed E-state index contributed by atoms with van der Waals surface area (Å²) < 4.78 is 0. The summed E-state index contributed by atoms with van der Waals surface area (Å²) in [5, 5.41) is 0. The molecule has 0 radical (unpaired) electrons. The van der Waals surface area contributed by atoms with Crippen LogP contribution in [0, 0.1) is 18.3 Å². The van der Waals surface area contributed by atoms with E-state index in [4.69, 9.17) is 0 Å². The molecule has 1 saturated carbocycles. The van der Waals surface area contributed by atoms with E-state index in [9.17, 15) is 0 Å². The van der Waals surface area contributed by atoms with E-state index in [-0.39, 0.29) is 0 Å². The van der Waals surface area contributed by atoms with E-state index in [1.54, 1.807) is 5.56 Å². The van der Waals surface area contributed by atoms with Crippen molar-refractivity contribution in [3.05, 3.63) is 28.8 Å². The smallest absolute Gasteiger partial charge is 0.0565 e. The molecule has 2 heterocycles. The van der Waals surface area contributed by atoms with Gasteiger partial charge in [-0.3, -0.25) is 4.99 Å². The third-order valence-corrected chi connectivity index (χ3v) is 6.38. The molecule has 1 aromatic rings. The Morgan fingerprint density at radius 3 is 2.68 bits per heavy atom. The average Bonchev–Trinajstić information content (AvgIpc) is 2.62. The van der Waals surface area contributed by atoms with Crippen molar-refractivity contribution in [1.82, 2.24) is 0 Å². The Labute approximate surface area is 134 Å². The molecule has 1 aromatic carbocycles. The zero-order chi connectivity index (χ0) is 15.5. The number of hydrogen-bond acceptors (Lipinski definition) is 2. The Morgan fingerprint density at radius 1 is 1.18 bits per heavy atom. The summed E-state index contributed by atoms with van der Waals surface area (Å²) in [6.45, 7) is 12.8. The van der Waals surface area contributed by atoms with Gasteiger partial charge in [0.25, 0.3) is 0 Å². The molecule has 0 amide bonds. The molecule has 0 bridgehead atoms. The molecule has 1 aliphatic carbocycles. The minimum atomic E-state index is 0.397. The Hall–Kier alpha value is -1.31. The fourth-order valence-electron chi connectivity index (χ4n) is 5.42. The first-order valence-corrected chi connectivity index (χ1v) is 8.82. The van der Waals surface area contributed by atoms with E-state index in [2.05, 4.69) is 55.9 Å². The standard InChI is InChI=1S/C20H28N2/c1-14-5-6-15-13-21-10-12-22-11-9-20(17(14)18(15)22)8-7-16(20)19(2,3)4/h5-6,13,16H,7-12H2,1-4H3. The van der Waals surface area contributed by atoms with Gasteiger partial charge in [0, 0.05) is 36.0 Å². The Bertz CT molecular complexity index is 638. The van der Waals surface area contributed by atoms with Gasteiger partial charge in [-0.2, -0.15) is 0 Å². The van der Waals surface area contributed by atoms with Crippen LogP contribution in [-0.4, -0.2) is 25.8 Å². The number of anilines is 1. The molecule has 1 spiro atoms. The fraction of sp³-hybridized carbons (Fsp3) is 0.650. The van der Waals surface area contributed by atoms with Gasteiger partial charge in [-0.25, -0.2) is 0 Å². The van der Waals surface area contributed by atoms with Crippen molar-refractivity contribution >= 4 is 11.9 Å². The second kappa shape index (κ2) is 4.59. The number of aliphatic imine (C=N–C) groups is 1. The topological polar surface area (TPSA) is 15.6 Å². The predicted octanol–water partition coefficient (Wildman–Crippen LogP) is 4.33. The predicted molar refractivity (Wildman–Crippen MR) is 94.3 cm³/mol. The molecule has 2 aliphatic heterocycles. The summed E-state index contributed by atoms with van der Waals surface area (Å²) >= 11 is 0. The van der Waals surface area contributed by atoms with E-state index in [0.717, 1.165) is 19.0 Å². The van der Waals surface area contributed by atoms with Gasteiger partial charge in [0.15, 0.2) is 0 Å². The average molecular weight is 296 g/mol. The molecule has 2 nitrogen and oxygen atoms in total. The van der Waals surface area contributed by atoms with Crippen molar-refractivity contribution in [1.29, 1.82) is 0 Å². The SMILES string of the molecule is Cc1ccc2c3c1C1(CCC1C(C)(C)C)CCN3CCN=C2. The monoisotopic (exact) mass is 296 g/mol. The molecule has 3 aliphatic rings. The maximum Gasteiger partial charge on any atom is 0.0565 e. The number of fused-ring (bicyclic) bond motifs is 1. The molecule has 4 rings (SSSR count). The third-order valence-electron chi connectivity index (χ3n) is 6.38. The molecular weight excluding hydrogens is 268 g/mol. The van der Waals surface area contributed by atoms with Crippen molar-refractivity contribution in [2.45, 2.75) is 52.4 Å². The molecule has 118 valence electrons. The van der Waals surface area contributed by atoms with E-state index in [1.165, 1.54) is 42.6 Å². The summed E-state index contributed by atoms with van der Waals surface area (Å²) in [5.74, 6) is 0.813. The highest BCUT2D eigenvalue weighted by molar-refractivity contribution is 5.91. The van der Waals surface area contributed by atoms with E-state index in [0.29, 0.717) is 10.8 Å². The van der Waals surface area contributed by atoms with Crippen LogP contribution in [0.1, 0.15) is 56.7 Å². The summed E-state index contributed by atoms with van der Waals surface area (Å²) in [6.07, 6.45) is 6.20. The summed E-state index contributed by atoms with van der Waals surface area (Å²) in [4.78, 5) is 7.21. The molecule has 2 unspecified atom stereocenters. The lowest BCUT2D eigenvalue weighted by atomic mass is 9.47. The zero-order valence-corrected chi connectivity index (χ0v) is 14.4. The van der Waals surface area contributed by atoms with Gasteiger partial charge in [0.1, 0.15) is 0 Å². The highest BCUT2D eigenvalue weighted by Gasteiger charge is 2.55. The minimum absolute atomic E-state index is 0.397. The van der Waals surface area contributed by atoms with Crippen molar-refractivity contribution in [3.63, 3.8) is 0 Å². The number of aryl methyl sites for hydroxylation is 1. The minimum Gasteiger partial charge on any atom is -0.369 e. The van der Waals surface area contributed by atoms with Crippen LogP contribution in [0.25, 0.3) is 0 Å². The third kappa shape index (κ3) is 1.82. The van der Waals surface area contributed by atoms with Crippen LogP contribution in [0.5, 0.6) is 0 Å². The van der Waals surface area contributed by atoms with Crippen LogP contribution in [0.4, 0.5) is 5.69 Å². The van der Waals surface area contributed by atoms with Gasteiger partial charge in [-0.15, -0.1) is 0 Å². The Balaban J connectivity index is 1.92. The van der Waals surface area contributed by atoms with Gasteiger partial charge < -0.3 is 4.90 Å². The second-order valence-electron chi connectivity index (χ2n) is 8.58. The number of rotatable bonds is 0. The van der Waals surface area contributed by atoms with E-state index in [1.807, 2.05) is 0 Å². The highest BCUT2D eigenvalue weighted by Crippen LogP contribution is 2.62. The normalized spacial score (nSPS) is 30.0. The lowest BCUT2D eigenvalue weighted by Gasteiger charge is -2.60. The summed E-state index contributed by atoms with van der Waals surface area (Å²) in [5.41, 5.74) is 6.83. The molecule has 2 atom stereocenters. The fourth-order valence-corrected chi connectivity index (χ4v) is 5.42. The summed E-state index contributed by atoms with van der Waals surface area (Å²) in [7, 11) is 0. The number of nitrogens with zero attached hydrogens (tertiary/aromatic N) is 2. The van der Waals surface area contributed by atoms with Crippen molar-refractivity contribution < 1.29 is 0 Å². The Morgan fingerprint density at radius 2 is 2.00 bits per heavy atom. The van der Waals surface area contributed by atoms with Gasteiger partial charge >= 0.3 is 0 Å². The first-order chi connectivity index (χ1) is 10.4. The van der Waals surface area contributed by atoms with Crippen LogP contribution in [0.3, 0.4) is 0 Å². The molecular formula is C20H28N2. The number of benzene rings is 1. The first-order valence-electron chi connectivity index (χ1n) is 8.82. The molecule has 0 saturated heterocycles. The van der Waals surface area contributed by atoms with Crippen molar-refractivity contribution in [2.75, 3.05) is 24.5 Å². The molecule has 2 heteroatoms. The van der Waals surface area contributed by atoms with Crippen LogP contribution < -0.4 is 4.90 Å². The Kier molecular flexibility index (Phi) is 2.99. The lowest BCUT2D eigenvalue weighted by molar-refractivity contribution is 0.0112. The van der Waals surface area contributed by atoms with Crippen molar-refractivity contribution in [2.24, 2.45) is 16.3 Å². The molecule has 0 aromatic heterocycles. The van der Waals surface area contributed by atoms with Gasteiger partial charge in [-0.1, -0.05) is 32.9 Å².